The lowest BCUT2D eigenvalue weighted by Gasteiger charge is -2.36. The van der Waals surface area contributed by atoms with Crippen LogP contribution in [0.25, 0.3) is 0 Å². The molecule has 1 fully saturated rings. The first-order chi connectivity index (χ1) is 9.23. The zero-order valence-electron chi connectivity index (χ0n) is 14.0. The Hall–Kier alpha value is -0.770. The molecule has 20 heavy (non-hydrogen) atoms. The topological polar surface area (TPSA) is 41.6 Å². The number of ether oxygens (including phenoxy) is 1. The van der Waals surface area contributed by atoms with E-state index in [1.165, 1.54) is 0 Å². The molecule has 0 aliphatic carbocycles. The molecule has 1 rings (SSSR count). The van der Waals surface area contributed by atoms with Crippen molar-refractivity contribution in [2.45, 2.75) is 78.5 Å². The summed E-state index contributed by atoms with van der Waals surface area (Å²) in [6.45, 7) is 14.1. The van der Waals surface area contributed by atoms with Gasteiger partial charge in [0.05, 0.1) is 0 Å². The fraction of sp³-hybridized carbons (Fsp3) is 0.938. The molecule has 118 valence electrons. The molecule has 0 spiro atoms. The lowest BCUT2D eigenvalue weighted by Crippen LogP contribution is -2.49. The standard InChI is InChI=1S/C16H32N2O2/c1-7-14(12(2)3)17-13-8-10-18(11-9-13)15(19)20-16(4,5)6/h12-14,17H,7-11H2,1-6H3. The first-order valence-corrected chi connectivity index (χ1v) is 7.97. The van der Waals surface area contributed by atoms with Crippen molar-refractivity contribution < 1.29 is 9.53 Å². The molecule has 1 amide bonds. The molecule has 1 atom stereocenters. The molecule has 1 N–H and O–H groups in total. The number of likely N-dealkylation sites (tertiary alicyclic amines) is 1. The van der Waals surface area contributed by atoms with Crippen LogP contribution in [0.5, 0.6) is 0 Å². The van der Waals surface area contributed by atoms with Gasteiger partial charge in [-0.1, -0.05) is 20.8 Å². The van der Waals surface area contributed by atoms with Gasteiger partial charge in [-0.2, -0.15) is 0 Å². The summed E-state index contributed by atoms with van der Waals surface area (Å²) < 4.78 is 5.42. The molecule has 1 aliphatic rings. The Labute approximate surface area is 124 Å². The van der Waals surface area contributed by atoms with Gasteiger partial charge in [-0.3, -0.25) is 0 Å². The molecule has 4 heteroatoms. The number of amides is 1. The van der Waals surface area contributed by atoms with Crippen LogP contribution in [0.15, 0.2) is 0 Å². The van der Waals surface area contributed by atoms with E-state index in [0.29, 0.717) is 18.0 Å². The molecule has 1 saturated heterocycles. The molecule has 1 unspecified atom stereocenters. The van der Waals surface area contributed by atoms with E-state index in [0.717, 1.165) is 32.4 Å². The predicted molar refractivity (Wildman–Crippen MR) is 82.9 cm³/mol. The van der Waals surface area contributed by atoms with Gasteiger partial charge >= 0.3 is 6.09 Å². The zero-order chi connectivity index (χ0) is 15.3. The van der Waals surface area contributed by atoms with Gasteiger partial charge in [-0.05, 0) is 46.0 Å². The molecule has 4 nitrogen and oxygen atoms in total. The maximum absolute atomic E-state index is 12.0. The van der Waals surface area contributed by atoms with Crippen LogP contribution in [-0.2, 0) is 4.74 Å². The number of nitrogens with zero attached hydrogens (tertiary/aromatic N) is 1. The van der Waals surface area contributed by atoms with E-state index in [-0.39, 0.29) is 6.09 Å². The van der Waals surface area contributed by atoms with Crippen molar-refractivity contribution in [3.05, 3.63) is 0 Å². The molecule has 1 heterocycles. The highest BCUT2D eigenvalue weighted by molar-refractivity contribution is 5.68. The molecule has 1 aliphatic heterocycles. The van der Waals surface area contributed by atoms with Gasteiger partial charge in [0.25, 0.3) is 0 Å². The summed E-state index contributed by atoms with van der Waals surface area (Å²) in [5, 5.41) is 3.73. The summed E-state index contributed by atoms with van der Waals surface area (Å²) in [7, 11) is 0. The predicted octanol–water partition coefficient (Wildman–Crippen LogP) is 3.41. The molecule has 0 saturated carbocycles. The largest absolute Gasteiger partial charge is 0.444 e. The van der Waals surface area contributed by atoms with Crippen molar-refractivity contribution in [2.75, 3.05) is 13.1 Å². The third-order valence-electron chi connectivity index (χ3n) is 3.84. The number of hydrogen-bond donors (Lipinski definition) is 1. The van der Waals surface area contributed by atoms with Gasteiger partial charge < -0.3 is 15.0 Å². The zero-order valence-corrected chi connectivity index (χ0v) is 14.0. The highest BCUT2D eigenvalue weighted by Crippen LogP contribution is 2.17. The average Bonchev–Trinajstić information content (AvgIpc) is 2.34. The van der Waals surface area contributed by atoms with Gasteiger partial charge in [0, 0.05) is 25.2 Å². The molecule has 0 aromatic heterocycles. The van der Waals surface area contributed by atoms with Crippen LogP contribution >= 0.6 is 0 Å². The summed E-state index contributed by atoms with van der Waals surface area (Å²) >= 11 is 0. The van der Waals surface area contributed by atoms with Crippen molar-refractivity contribution in [2.24, 2.45) is 5.92 Å². The van der Waals surface area contributed by atoms with E-state index in [9.17, 15) is 4.79 Å². The van der Waals surface area contributed by atoms with E-state index < -0.39 is 5.60 Å². The molecule has 0 bridgehead atoms. The molecular weight excluding hydrogens is 252 g/mol. The van der Waals surface area contributed by atoms with Crippen LogP contribution in [0.3, 0.4) is 0 Å². The SMILES string of the molecule is CCC(NC1CCN(C(=O)OC(C)(C)C)CC1)C(C)C. The summed E-state index contributed by atoms with van der Waals surface area (Å²) in [5.74, 6) is 0.656. The number of hydrogen-bond acceptors (Lipinski definition) is 3. The van der Waals surface area contributed by atoms with Crippen molar-refractivity contribution in [1.29, 1.82) is 0 Å². The highest BCUT2D eigenvalue weighted by atomic mass is 16.6. The maximum Gasteiger partial charge on any atom is 0.410 e. The second-order valence-corrected chi connectivity index (χ2v) is 7.17. The summed E-state index contributed by atoms with van der Waals surface area (Å²) in [4.78, 5) is 13.8. The maximum atomic E-state index is 12.0. The summed E-state index contributed by atoms with van der Waals surface area (Å²) in [5.41, 5.74) is -0.406. The Morgan fingerprint density at radius 1 is 1.30 bits per heavy atom. The lowest BCUT2D eigenvalue weighted by atomic mass is 9.97. The van der Waals surface area contributed by atoms with Gasteiger partial charge in [-0.25, -0.2) is 4.79 Å². The first kappa shape index (κ1) is 17.3. The van der Waals surface area contributed by atoms with Crippen LogP contribution in [0.4, 0.5) is 4.79 Å². The highest BCUT2D eigenvalue weighted by Gasteiger charge is 2.27. The summed E-state index contributed by atoms with van der Waals surface area (Å²) in [6.07, 6.45) is 3.02. The van der Waals surface area contributed by atoms with Crippen molar-refractivity contribution in [1.82, 2.24) is 10.2 Å². The Bertz CT molecular complexity index is 302. The minimum Gasteiger partial charge on any atom is -0.444 e. The van der Waals surface area contributed by atoms with E-state index in [4.69, 9.17) is 4.74 Å². The number of carbonyl (C=O) groups is 1. The Morgan fingerprint density at radius 2 is 1.85 bits per heavy atom. The summed E-state index contributed by atoms with van der Waals surface area (Å²) in [6, 6.07) is 1.11. The van der Waals surface area contributed by atoms with Crippen molar-refractivity contribution in [3.8, 4) is 0 Å². The third-order valence-corrected chi connectivity index (χ3v) is 3.84. The number of nitrogens with one attached hydrogen (secondary N) is 1. The van der Waals surface area contributed by atoms with Gasteiger partial charge in [0.2, 0.25) is 0 Å². The van der Waals surface area contributed by atoms with Crippen molar-refractivity contribution in [3.63, 3.8) is 0 Å². The van der Waals surface area contributed by atoms with Gasteiger partial charge in [0.1, 0.15) is 5.60 Å². The van der Waals surface area contributed by atoms with Gasteiger partial charge in [0.15, 0.2) is 0 Å². The lowest BCUT2D eigenvalue weighted by molar-refractivity contribution is 0.0194. The van der Waals surface area contributed by atoms with E-state index in [2.05, 4.69) is 26.1 Å². The van der Waals surface area contributed by atoms with E-state index in [1.807, 2.05) is 25.7 Å². The Morgan fingerprint density at radius 3 is 2.25 bits per heavy atom. The Kier molecular flexibility index (Phi) is 6.31. The monoisotopic (exact) mass is 284 g/mol. The average molecular weight is 284 g/mol. The molecule has 0 aromatic carbocycles. The van der Waals surface area contributed by atoms with Crippen molar-refractivity contribution >= 4 is 6.09 Å². The van der Waals surface area contributed by atoms with Crippen LogP contribution in [0.2, 0.25) is 0 Å². The second kappa shape index (κ2) is 7.30. The third kappa shape index (κ3) is 5.70. The second-order valence-electron chi connectivity index (χ2n) is 7.17. The molecular formula is C16H32N2O2. The fourth-order valence-electron chi connectivity index (χ4n) is 2.64. The quantitative estimate of drug-likeness (QED) is 0.860. The number of rotatable bonds is 4. The first-order valence-electron chi connectivity index (χ1n) is 7.97. The van der Waals surface area contributed by atoms with Gasteiger partial charge in [-0.15, -0.1) is 0 Å². The van der Waals surface area contributed by atoms with E-state index in [1.54, 1.807) is 0 Å². The normalized spacial score (nSPS) is 19.2. The molecule has 0 aromatic rings. The Balaban J connectivity index is 2.38. The fourth-order valence-corrected chi connectivity index (χ4v) is 2.64. The van der Waals surface area contributed by atoms with Crippen LogP contribution < -0.4 is 5.32 Å². The van der Waals surface area contributed by atoms with Crippen LogP contribution in [0, 0.1) is 5.92 Å². The molecule has 0 radical (unpaired) electrons. The number of piperidine rings is 1. The smallest absolute Gasteiger partial charge is 0.410 e. The van der Waals surface area contributed by atoms with Crippen LogP contribution in [0.1, 0.15) is 60.8 Å². The number of carbonyl (C=O) groups excluding carboxylic acids is 1. The van der Waals surface area contributed by atoms with Crippen LogP contribution in [-0.4, -0.2) is 41.8 Å². The van der Waals surface area contributed by atoms with E-state index >= 15 is 0 Å². The minimum absolute atomic E-state index is 0.174. The minimum atomic E-state index is -0.406.